The Morgan fingerprint density at radius 2 is 1.24 bits per heavy atom. The summed E-state index contributed by atoms with van der Waals surface area (Å²) < 4.78 is 2.19. The third-order valence-corrected chi connectivity index (χ3v) is 11.1. The second kappa shape index (κ2) is 15.6. The third kappa shape index (κ3) is 8.49. The summed E-state index contributed by atoms with van der Waals surface area (Å²) in [4.78, 5) is 0. The molecule has 0 nitrogen and oxygen atoms in total. The Morgan fingerprint density at radius 1 is 0.776 bits per heavy atom. The van der Waals surface area contributed by atoms with Gasteiger partial charge in [-0.3, -0.25) is 6.08 Å². The number of benzene rings is 3. The van der Waals surface area contributed by atoms with Crippen molar-refractivity contribution >= 4 is 36.4 Å². The normalized spacial score (nSPS) is 18.0. The van der Waals surface area contributed by atoms with Gasteiger partial charge in [0, 0.05) is 10.8 Å². The topological polar surface area (TPSA) is 0 Å². The van der Waals surface area contributed by atoms with Gasteiger partial charge in [0.25, 0.3) is 0 Å². The van der Waals surface area contributed by atoms with Crippen molar-refractivity contribution in [3.05, 3.63) is 123 Å². The molecule has 258 valence electrons. The van der Waals surface area contributed by atoms with Gasteiger partial charge in [-0.2, -0.15) is 11.6 Å². The number of halogens is 2. The van der Waals surface area contributed by atoms with Crippen LogP contribution in [-0.2, 0) is 35.1 Å². The SMILES string of the molecule is CC1=CC(C)(C)c2cc3[cH-]c4cc5c(cc4c3cc21)C(C)=CC5(C)C.CCC1=[C-]C(CC)C=C1C(C)(C)C.Cc1ccc([CH]=[Zr+2])cc1.[Cl-].[Cl-]. The molecule has 0 aliphatic heterocycles. The second-order valence-corrected chi connectivity index (χ2v) is 16.8. The second-order valence-electron chi connectivity index (χ2n) is 16.1. The van der Waals surface area contributed by atoms with Gasteiger partial charge < -0.3 is 24.8 Å². The summed E-state index contributed by atoms with van der Waals surface area (Å²) in [6, 6.07) is 20.7. The average molecular weight is 769 g/mol. The molecule has 0 heterocycles. The molecule has 4 aromatic rings. The van der Waals surface area contributed by atoms with E-state index in [-0.39, 0.29) is 35.6 Å². The zero-order valence-electron chi connectivity index (χ0n) is 31.8. The van der Waals surface area contributed by atoms with Crippen molar-refractivity contribution in [3.8, 4) is 0 Å². The monoisotopic (exact) mass is 766 g/mol. The Kier molecular flexibility index (Phi) is 13.1. The van der Waals surface area contributed by atoms with Gasteiger partial charge in [0.2, 0.25) is 0 Å². The van der Waals surface area contributed by atoms with E-state index in [1.165, 1.54) is 108 Å². The van der Waals surface area contributed by atoms with Crippen LogP contribution in [0.3, 0.4) is 0 Å². The number of hydrogen-bond acceptors (Lipinski definition) is 0. The Morgan fingerprint density at radius 3 is 1.61 bits per heavy atom. The molecular weight excluding hydrogens is 715 g/mol. The van der Waals surface area contributed by atoms with Crippen molar-refractivity contribution in [1.82, 2.24) is 0 Å². The van der Waals surface area contributed by atoms with Crippen LogP contribution in [0.2, 0.25) is 0 Å². The molecule has 1 unspecified atom stereocenters. The maximum atomic E-state index is 3.57. The van der Waals surface area contributed by atoms with Gasteiger partial charge >= 0.3 is 70.3 Å². The number of rotatable bonds is 3. The minimum atomic E-state index is 0. The average Bonchev–Trinajstić information content (AvgIpc) is 3.72. The standard InChI is InChI=1S/C25H25.C13H21.C8H8.2ClH.Zr/c1-14-12-24(3,4)22-8-16-7-17-9-23-19(15(2)13-25(23,5)6)11-21(17)20(16)10-18(14)22;1-6-10-8-11(7-2)12(9-10)13(3,4)5;1-7-3-5-8(2)6-4-7;;;/h7-13H,1-6H3;9-10H,6-7H2,1-5H3;1,3-6H,2H3;2*1H;/q2*-1;;;;+2/p-2. The van der Waals surface area contributed by atoms with E-state index in [0.29, 0.717) is 11.3 Å². The zero-order valence-corrected chi connectivity index (χ0v) is 35.7. The summed E-state index contributed by atoms with van der Waals surface area (Å²) >= 11 is 1.47. The van der Waals surface area contributed by atoms with Crippen LogP contribution in [0.25, 0.3) is 32.7 Å². The molecule has 3 aliphatic rings. The Hall–Kier alpha value is -2.18. The maximum absolute atomic E-state index is 3.57. The third-order valence-electron chi connectivity index (χ3n) is 10.3. The van der Waals surface area contributed by atoms with Gasteiger partial charge in [-0.05, 0) is 36.1 Å². The number of hydrogen-bond donors (Lipinski definition) is 0. The number of fused-ring (bicyclic) bond motifs is 5. The van der Waals surface area contributed by atoms with Crippen molar-refractivity contribution in [2.45, 2.75) is 107 Å². The fourth-order valence-electron chi connectivity index (χ4n) is 7.74. The molecule has 0 N–H and O–H groups in total. The molecule has 4 aromatic carbocycles. The van der Waals surface area contributed by atoms with Gasteiger partial charge in [-0.1, -0.05) is 122 Å². The molecule has 3 aliphatic carbocycles. The van der Waals surface area contributed by atoms with Crippen molar-refractivity contribution < 1.29 is 49.0 Å². The van der Waals surface area contributed by atoms with Gasteiger partial charge in [0.05, 0.1) is 0 Å². The minimum absolute atomic E-state index is 0. The van der Waals surface area contributed by atoms with Crippen LogP contribution in [0.15, 0.2) is 84.0 Å². The van der Waals surface area contributed by atoms with Crippen LogP contribution in [0, 0.1) is 24.3 Å². The molecule has 1 atom stereocenters. The molecule has 3 heteroatoms. The fraction of sp³-hybridized carbons (Fsp3) is 0.391. The van der Waals surface area contributed by atoms with Gasteiger partial charge in [0.15, 0.2) is 0 Å². The van der Waals surface area contributed by atoms with Crippen LogP contribution in [-0.4, -0.2) is 3.71 Å². The summed E-state index contributed by atoms with van der Waals surface area (Å²) in [6.07, 6.45) is 13.1. The van der Waals surface area contributed by atoms with E-state index < -0.39 is 0 Å². The zero-order chi connectivity index (χ0) is 34.5. The Labute approximate surface area is 324 Å². The van der Waals surface area contributed by atoms with Gasteiger partial charge in [0.1, 0.15) is 0 Å². The molecule has 7 rings (SSSR count). The summed E-state index contributed by atoms with van der Waals surface area (Å²) in [5.41, 5.74) is 14.8. The molecular formula is C46H54Cl2Zr-2. The molecule has 0 radical (unpaired) electrons. The van der Waals surface area contributed by atoms with E-state index in [9.17, 15) is 0 Å². The molecule has 0 bridgehead atoms. The minimum Gasteiger partial charge on any atom is -1.00 e. The number of aryl methyl sites for hydroxylation is 1. The van der Waals surface area contributed by atoms with Crippen LogP contribution in [0.1, 0.15) is 122 Å². The predicted octanol–water partition coefficient (Wildman–Crippen LogP) is 6.94. The quantitative estimate of drug-likeness (QED) is 0.199. The molecule has 0 aromatic heterocycles. The van der Waals surface area contributed by atoms with E-state index in [2.05, 4.69) is 166 Å². The van der Waals surface area contributed by atoms with Crippen molar-refractivity contribution in [2.75, 3.05) is 0 Å². The maximum Gasteiger partial charge on any atom is -1.00 e. The van der Waals surface area contributed by atoms with E-state index >= 15 is 0 Å². The molecule has 0 saturated carbocycles. The van der Waals surface area contributed by atoms with E-state index in [4.69, 9.17) is 0 Å². The summed E-state index contributed by atoms with van der Waals surface area (Å²) in [5, 5.41) is 5.57. The Balaban J connectivity index is 0.000000229. The van der Waals surface area contributed by atoms with Gasteiger partial charge in [-0.25, -0.2) is 5.57 Å². The van der Waals surface area contributed by atoms with Crippen molar-refractivity contribution in [3.63, 3.8) is 0 Å². The largest absolute Gasteiger partial charge is 1.00 e. The first-order valence-electron chi connectivity index (χ1n) is 17.5. The van der Waals surface area contributed by atoms with Crippen LogP contribution in [0.5, 0.6) is 0 Å². The molecule has 0 fully saturated rings. The van der Waals surface area contributed by atoms with Crippen LogP contribution < -0.4 is 24.8 Å². The number of allylic oxidation sites excluding steroid dienone is 8. The smallest absolute Gasteiger partial charge is 1.00 e. The fourth-order valence-corrected chi connectivity index (χ4v) is 8.21. The first-order valence-corrected chi connectivity index (χ1v) is 18.9. The van der Waals surface area contributed by atoms with Crippen molar-refractivity contribution in [1.29, 1.82) is 0 Å². The van der Waals surface area contributed by atoms with Crippen LogP contribution >= 0.6 is 0 Å². The summed E-state index contributed by atoms with van der Waals surface area (Å²) in [6.45, 7) is 27.2. The predicted molar refractivity (Wildman–Crippen MR) is 205 cm³/mol. The van der Waals surface area contributed by atoms with Crippen molar-refractivity contribution in [2.24, 2.45) is 11.3 Å². The first kappa shape index (κ1) is 41.2. The van der Waals surface area contributed by atoms with E-state index in [1.54, 1.807) is 0 Å². The molecule has 0 saturated heterocycles. The Bertz CT molecular complexity index is 1870. The van der Waals surface area contributed by atoms with E-state index in [0.717, 1.165) is 6.42 Å². The summed E-state index contributed by atoms with van der Waals surface area (Å²) in [7, 11) is 0. The first-order chi connectivity index (χ1) is 22.0. The van der Waals surface area contributed by atoms with Crippen LogP contribution in [0.4, 0.5) is 0 Å². The van der Waals surface area contributed by atoms with E-state index in [1.807, 2.05) is 0 Å². The van der Waals surface area contributed by atoms with Gasteiger partial charge in [-0.15, -0.1) is 39.7 Å². The summed E-state index contributed by atoms with van der Waals surface area (Å²) in [5.74, 6) is 0.573. The molecule has 0 amide bonds. The molecule has 0 spiro atoms. The molecule has 49 heavy (non-hydrogen) atoms.